The molecule has 11 heteroatoms. The Morgan fingerprint density at radius 3 is 2.79 bits per heavy atom. The number of β-amino-alcohol motifs (C(OH)–C–C–N with tert-alkyl or cyclic N) is 1. The summed E-state index contributed by atoms with van der Waals surface area (Å²) in [6.45, 7) is 0.864. The summed E-state index contributed by atoms with van der Waals surface area (Å²) in [6, 6.07) is 4.00. The van der Waals surface area contributed by atoms with E-state index in [1.54, 1.807) is 16.3 Å². The molecule has 1 aliphatic heterocycles. The third kappa shape index (κ3) is 4.15. The van der Waals surface area contributed by atoms with Crippen molar-refractivity contribution in [3.05, 3.63) is 46.7 Å². The Hall–Kier alpha value is -2.79. The monoisotopic (exact) mass is 423 g/mol. The molecular formula is C18H16F3N5O2S. The van der Waals surface area contributed by atoms with E-state index in [9.17, 15) is 23.1 Å². The highest BCUT2D eigenvalue weighted by Gasteiger charge is 2.32. The molecule has 4 rings (SSSR count). The van der Waals surface area contributed by atoms with Crippen LogP contribution in [0.15, 0.2) is 29.8 Å². The molecule has 0 radical (unpaired) electrons. The summed E-state index contributed by atoms with van der Waals surface area (Å²) in [6.07, 6.45) is -3.37. The molecule has 3 aromatic rings. The smallest absolute Gasteiger partial charge is 0.391 e. The normalized spacial score (nSPS) is 17.1. The molecule has 1 atom stereocenters. The minimum absolute atomic E-state index is 0.150. The number of fused-ring (bicyclic) bond motifs is 1. The predicted molar refractivity (Wildman–Crippen MR) is 101 cm³/mol. The van der Waals surface area contributed by atoms with Crippen LogP contribution in [-0.4, -0.2) is 50.1 Å². The van der Waals surface area contributed by atoms with Crippen molar-refractivity contribution in [2.75, 3.05) is 18.4 Å². The van der Waals surface area contributed by atoms with Gasteiger partial charge in [-0.05, 0) is 29.5 Å². The highest BCUT2D eigenvalue weighted by Crippen LogP contribution is 2.28. The van der Waals surface area contributed by atoms with Crippen LogP contribution in [0.1, 0.15) is 28.2 Å². The van der Waals surface area contributed by atoms with Crippen molar-refractivity contribution in [2.24, 2.45) is 0 Å². The third-order valence-electron chi connectivity index (χ3n) is 4.52. The molecule has 1 amide bonds. The molecule has 0 saturated carbocycles. The van der Waals surface area contributed by atoms with Crippen molar-refractivity contribution in [1.29, 1.82) is 0 Å². The summed E-state index contributed by atoms with van der Waals surface area (Å²) in [7, 11) is 0. The van der Waals surface area contributed by atoms with Crippen molar-refractivity contribution in [3.63, 3.8) is 0 Å². The number of thiophene rings is 1. The van der Waals surface area contributed by atoms with Gasteiger partial charge in [-0.2, -0.15) is 13.2 Å². The molecule has 4 heterocycles. The molecule has 2 N–H and O–H groups in total. The lowest BCUT2D eigenvalue weighted by molar-refractivity contribution is -0.141. The van der Waals surface area contributed by atoms with Gasteiger partial charge in [0.05, 0.1) is 16.3 Å². The lowest BCUT2D eigenvalue weighted by atomic mass is 10.2. The Morgan fingerprint density at radius 1 is 1.31 bits per heavy atom. The highest BCUT2D eigenvalue weighted by molar-refractivity contribution is 7.17. The average Bonchev–Trinajstić information content (AvgIpc) is 3.33. The van der Waals surface area contributed by atoms with Gasteiger partial charge in [-0.3, -0.25) is 9.78 Å². The zero-order chi connectivity index (χ0) is 20.6. The molecule has 0 unspecified atom stereocenters. The first-order chi connectivity index (χ1) is 13.8. The number of amides is 1. The maximum atomic E-state index is 12.8. The number of aromatic nitrogens is 3. The number of rotatable bonds is 4. The number of likely N-dealkylation sites (tertiary alicyclic amines) is 1. The number of aliphatic hydroxyl groups is 1. The van der Waals surface area contributed by atoms with Gasteiger partial charge in [0.15, 0.2) is 5.69 Å². The minimum Gasteiger partial charge on any atom is -0.391 e. The molecule has 29 heavy (non-hydrogen) atoms. The second-order valence-corrected chi connectivity index (χ2v) is 7.54. The quantitative estimate of drug-likeness (QED) is 0.671. The zero-order valence-corrected chi connectivity index (χ0v) is 15.8. The Balaban J connectivity index is 1.54. The van der Waals surface area contributed by atoms with E-state index in [1.807, 2.05) is 0 Å². The van der Waals surface area contributed by atoms with E-state index in [4.69, 9.17) is 0 Å². The number of nitrogens with one attached hydrogen (secondary N) is 1. The molecule has 0 spiro atoms. The van der Waals surface area contributed by atoms with Gasteiger partial charge in [-0.25, -0.2) is 9.97 Å². The zero-order valence-electron chi connectivity index (χ0n) is 15.0. The molecule has 0 bridgehead atoms. The molecular weight excluding hydrogens is 407 g/mol. The number of anilines is 1. The van der Waals surface area contributed by atoms with Crippen LogP contribution in [0.25, 0.3) is 10.2 Å². The molecule has 1 fully saturated rings. The number of pyridine rings is 1. The van der Waals surface area contributed by atoms with E-state index in [-0.39, 0.29) is 30.6 Å². The van der Waals surface area contributed by atoms with Gasteiger partial charge >= 0.3 is 6.18 Å². The first-order valence-corrected chi connectivity index (χ1v) is 9.68. The van der Waals surface area contributed by atoms with Crippen molar-refractivity contribution in [2.45, 2.75) is 25.2 Å². The molecule has 152 valence electrons. The van der Waals surface area contributed by atoms with E-state index in [1.165, 1.54) is 17.4 Å². The number of alkyl halides is 3. The lowest BCUT2D eigenvalue weighted by Crippen LogP contribution is -2.30. The van der Waals surface area contributed by atoms with Crippen molar-refractivity contribution < 1.29 is 23.1 Å². The maximum absolute atomic E-state index is 12.8. The van der Waals surface area contributed by atoms with Crippen molar-refractivity contribution >= 4 is 33.4 Å². The van der Waals surface area contributed by atoms with E-state index in [0.29, 0.717) is 28.7 Å². The summed E-state index contributed by atoms with van der Waals surface area (Å²) in [5.41, 5.74) is 0.397. The number of hydrogen-bond donors (Lipinski definition) is 2. The summed E-state index contributed by atoms with van der Waals surface area (Å²) < 4.78 is 38.5. The molecule has 3 aromatic heterocycles. The number of halogens is 3. The van der Waals surface area contributed by atoms with Crippen LogP contribution in [0.5, 0.6) is 0 Å². The lowest BCUT2D eigenvalue weighted by Gasteiger charge is -2.16. The summed E-state index contributed by atoms with van der Waals surface area (Å²) >= 11 is 1.35. The minimum atomic E-state index is -4.49. The number of nitrogens with zero attached hydrogens (tertiary/aromatic N) is 4. The van der Waals surface area contributed by atoms with Crippen LogP contribution < -0.4 is 5.32 Å². The number of carbonyl (C=O) groups is 1. The Morgan fingerprint density at radius 2 is 2.14 bits per heavy atom. The Bertz CT molecular complexity index is 1040. The van der Waals surface area contributed by atoms with E-state index >= 15 is 0 Å². The van der Waals surface area contributed by atoms with Gasteiger partial charge in [0.2, 0.25) is 5.95 Å². The number of carbonyl (C=O) groups excluding carboxylic acids is 1. The fourth-order valence-corrected chi connectivity index (χ4v) is 3.85. The Labute approximate surface area is 167 Å². The fraction of sp³-hybridized carbons (Fsp3) is 0.333. The van der Waals surface area contributed by atoms with Crippen LogP contribution >= 0.6 is 11.3 Å². The number of hydrogen-bond acceptors (Lipinski definition) is 7. The van der Waals surface area contributed by atoms with E-state index < -0.39 is 18.0 Å². The predicted octanol–water partition coefficient (Wildman–Crippen LogP) is 2.92. The van der Waals surface area contributed by atoms with E-state index in [2.05, 4.69) is 20.3 Å². The van der Waals surface area contributed by atoms with Gasteiger partial charge in [-0.1, -0.05) is 6.07 Å². The van der Waals surface area contributed by atoms with Crippen molar-refractivity contribution in [1.82, 2.24) is 19.9 Å². The van der Waals surface area contributed by atoms with Crippen LogP contribution in [0.3, 0.4) is 0 Å². The Kier molecular flexibility index (Phi) is 5.09. The van der Waals surface area contributed by atoms with Crippen LogP contribution in [-0.2, 0) is 12.7 Å². The summed E-state index contributed by atoms with van der Waals surface area (Å²) in [4.78, 5) is 26.5. The van der Waals surface area contributed by atoms with Crippen LogP contribution in [0.4, 0.5) is 19.1 Å². The second kappa shape index (κ2) is 7.56. The maximum Gasteiger partial charge on any atom is 0.433 e. The fourth-order valence-electron chi connectivity index (χ4n) is 3.04. The second-order valence-electron chi connectivity index (χ2n) is 6.63. The topological polar surface area (TPSA) is 91.2 Å². The van der Waals surface area contributed by atoms with Gasteiger partial charge < -0.3 is 15.3 Å². The van der Waals surface area contributed by atoms with Gasteiger partial charge in [0.1, 0.15) is 5.69 Å². The largest absolute Gasteiger partial charge is 0.433 e. The van der Waals surface area contributed by atoms with Crippen LogP contribution in [0.2, 0.25) is 0 Å². The summed E-state index contributed by atoms with van der Waals surface area (Å²) in [5, 5.41) is 14.4. The SMILES string of the molecule is O=C(c1nc(NCc2ccc(C(F)(F)F)nc2)nc2ccsc12)N1CC[C@H](O)C1. The van der Waals surface area contributed by atoms with E-state index in [0.717, 1.165) is 12.3 Å². The standard InChI is InChI=1S/C18H16F3N5O2S/c19-18(20,21)13-2-1-10(7-22-13)8-23-17-24-12-4-6-29-15(12)14(25-17)16(28)26-5-3-11(27)9-26/h1-2,4,6-7,11,27H,3,5,8-9H2,(H,23,24,25)/t11-/m0/s1. The molecule has 0 aliphatic carbocycles. The van der Waals surface area contributed by atoms with Gasteiger partial charge in [0, 0.05) is 25.8 Å². The average molecular weight is 423 g/mol. The highest BCUT2D eigenvalue weighted by atomic mass is 32.1. The molecule has 1 aliphatic rings. The summed E-state index contributed by atoms with van der Waals surface area (Å²) in [5.74, 6) is -0.0884. The van der Waals surface area contributed by atoms with Gasteiger partial charge in [0.25, 0.3) is 5.91 Å². The van der Waals surface area contributed by atoms with Gasteiger partial charge in [-0.15, -0.1) is 11.3 Å². The molecule has 1 saturated heterocycles. The van der Waals surface area contributed by atoms with Crippen molar-refractivity contribution in [3.8, 4) is 0 Å². The number of aliphatic hydroxyl groups excluding tert-OH is 1. The third-order valence-corrected chi connectivity index (χ3v) is 5.43. The first-order valence-electron chi connectivity index (χ1n) is 8.80. The van der Waals surface area contributed by atoms with Crippen LogP contribution in [0, 0.1) is 0 Å². The molecule has 0 aromatic carbocycles. The molecule has 7 nitrogen and oxygen atoms in total. The first kappa shape index (κ1) is 19.5.